The molecule has 2 nitrogen and oxygen atoms in total. The second-order valence-electron chi connectivity index (χ2n) is 8.94. The average molecular weight is 564 g/mol. The molecule has 0 atom stereocenters. The molecule has 2 aliphatic rings. The Labute approximate surface area is 244 Å². The van der Waals surface area contributed by atoms with Gasteiger partial charge in [0.05, 0.1) is 0 Å². The molecule has 198 valence electrons. The van der Waals surface area contributed by atoms with Crippen molar-refractivity contribution in [3.05, 3.63) is 148 Å². The third kappa shape index (κ3) is 10.1. The van der Waals surface area contributed by atoms with Crippen molar-refractivity contribution in [2.24, 2.45) is 0 Å². The first-order valence-corrected chi connectivity index (χ1v) is 14.2. The fourth-order valence-corrected chi connectivity index (χ4v) is 6.42. The molecule has 0 aliphatic heterocycles. The van der Waals surface area contributed by atoms with Gasteiger partial charge >= 0.3 is 5.97 Å². The Morgan fingerprint density at radius 1 is 0.737 bits per heavy atom. The van der Waals surface area contributed by atoms with Gasteiger partial charge in [-0.1, -0.05) is 98.8 Å². The number of esters is 1. The number of ether oxygens (including phenoxy) is 1. The molecule has 2 fully saturated rings. The summed E-state index contributed by atoms with van der Waals surface area (Å²) in [7, 11) is -0.863. The molecule has 0 amide bonds. The van der Waals surface area contributed by atoms with Crippen LogP contribution in [0.25, 0.3) is 0 Å². The van der Waals surface area contributed by atoms with Crippen LogP contribution in [0.3, 0.4) is 0 Å². The van der Waals surface area contributed by atoms with Crippen LogP contribution in [-0.4, -0.2) is 12.1 Å². The molecule has 0 bridgehead atoms. The summed E-state index contributed by atoms with van der Waals surface area (Å²) in [6, 6.07) is 20.8. The van der Waals surface area contributed by atoms with Crippen LogP contribution < -0.4 is 10.6 Å². The maximum atomic E-state index is 13.4. The Bertz CT molecular complexity index is 905. The maximum absolute atomic E-state index is 13.4. The van der Waals surface area contributed by atoms with E-state index in [1.54, 1.807) is 0 Å². The van der Waals surface area contributed by atoms with Crippen LogP contribution >= 0.6 is 7.92 Å². The molecule has 0 heterocycles. The number of hydrogen-bond donors (Lipinski definition) is 0. The standard InChI is InChI=1S/C29H32O2P.C5H5.Fe/c1-5-22(3)20-24(21-23(4)6-2)31-29(30)27-18-13-19-28(27)32(25-14-9-7-10-15-25)26-16-11-8-12-17-26;1-2-4-5-3-1;/h7-19,24H,3-6,20-21H2,1-2H3;1-5H;. The van der Waals surface area contributed by atoms with Crippen LogP contribution in [0.2, 0.25) is 0 Å². The third-order valence-electron chi connectivity index (χ3n) is 6.14. The normalized spacial score (nSPS) is 15.6. The van der Waals surface area contributed by atoms with E-state index >= 15 is 0 Å². The second kappa shape index (κ2) is 17.8. The molecule has 0 saturated heterocycles. The van der Waals surface area contributed by atoms with Gasteiger partial charge in [-0.2, -0.15) is 0 Å². The van der Waals surface area contributed by atoms with Gasteiger partial charge in [0, 0.05) is 35.6 Å². The first-order chi connectivity index (χ1) is 18.0. The van der Waals surface area contributed by atoms with Gasteiger partial charge in [-0.15, -0.1) is 0 Å². The Morgan fingerprint density at radius 3 is 1.61 bits per heavy atom. The summed E-state index contributed by atoms with van der Waals surface area (Å²) in [5.41, 5.74) is 3.21. The zero-order valence-corrected chi connectivity index (χ0v) is 24.3. The first-order valence-electron chi connectivity index (χ1n) is 12.9. The SMILES string of the molecule is C=C(CC)CC(CC(=C)CC)OC(=O)[C]1[CH][CH][CH][C]1P(c1ccccc1)c1ccccc1.[CH]1[CH][CH][CH][CH]1.[Fe]. The Hall–Kier alpha value is -1.66. The van der Waals surface area contributed by atoms with E-state index in [9.17, 15) is 4.79 Å². The molecule has 2 aromatic carbocycles. The molecule has 10 radical (unpaired) electrons. The van der Waals surface area contributed by atoms with Gasteiger partial charge in [-0.25, -0.2) is 0 Å². The molecule has 38 heavy (non-hydrogen) atoms. The molecular formula is C34H37FeO2P. The molecule has 2 aliphatic carbocycles. The summed E-state index contributed by atoms with van der Waals surface area (Å²) in [6.07, 6.45) is 18.8. The number of carbonyl (C=O) groups excluding carboxylic acids is 1. The van der Waals surface area contributed by atoms with Gasteiger partial charge in [0.1, 0.15) is 12.0 Å². The van der Waals surface area contributed by atoms with E-state index in [2.05, 4.69) is 82.0 Å². The van der Waals surface area contributed by atoms with Crippen LogP contribution in [-0.2, 0) is 26.6 Å². The summed E-state index contributed by atoms with van der Waals surface area (Å²) < 4.78 is 6.05. The summed E-state index contributed by atoms with van der Waals surface area (Å²) in [6.45, 7) is 12.4. The quantitative estimate of drug-likeness (QED) is 0.122. The van der Waals surface area contributed by atoms with Gasteiger partial charge in [0.25, 0.3) is 0 Å². The summed E-state index contributed by atoms with van der Waals surface area (Å²) in [5, 5.41) is 2.42. The van der Waals surface area contributed by atoms with E-state index in [-0.39, 0.29) is 29.1 Å². The smallest absolute Gasteiger partial charge is 0.314 e. The predicted octanol–water partition coefficient (Wildman–Crippen LogP) is 7.50. The van der Waals surface area contributed by atoms with Crippen molar-refractivity contribution in [1.82, 2.24) is 0 Å². The molecule has 0 N–H and O–H groups in total. The van der Waals surface area contributed by atoms with E-state index in [4.69, 9.17) is 4.74 Å². The topological polar surface area (TPSA) is 26.3 Å². The summed E-state index contributed by atoms with van der Waals surface area (Å²) in [5.74, 6) is 0.389. The Kier molecular flexibility index (Phi) is 15.3. The summed E-state index contributed by atoms with van der Waals surface area (Å²) >= 11 is 0. The van der Waals surface area contributed by atoms with Crippen molar-refractivity contribution >= 4 is 24.5 Å². The molecule has 0 unspecified atom stereocenters. The van der Waals surface area contributed by atoms with E-state index in [0.29, 0.717) is 18.8 Å². The monoisotopic (exact) mass is 564 g/mol. The average Bonchev–Trinajstić information content (AvgIpc) is 3.66. The van der Waals surface area contributed by atoms with E-state index < -0.39 is 7.92 Å². The van der Waals surface area contributed by atoms with Crippen LogP contribution in [0.1, 0.15) is 39.5 Å². The second-order valence-corrected chi connectivity index (χ2v) is 11.1. The van der Waals surface area contributed by atoms with Gasteiger partial charge < -0.3 is 4.74 Å². The molecular weight excluding hydrogens is 527 g/mol. The van der Waals surface area contributed by atoms with Crippen LogP contribution in [0.15, 0.2) is 85.0 Å². The minimum Gasteiger partial charge on any atom is -0.461 e. The Balaban J connectivity index is 0.000000756. The number of benzene rings is 2. The molecule has 2 aromatic rings. The number of carbonyl (C=O) groups is 1. The molecule has 4 heteroatoms. The minimum absolute atomic E-state index is 0. The zero-order valence-electron chi connectivity index (χ0n) is 22.3. The van der Waals surface area contributed by atoms with Gasteiger partial charge in [-0.3, -0.25) is 4.79 Å². The van der Waals surface area contributed by atoms with Crippen molar-refractivity contribution in [2.45, 2.75) is 45.6 Å². The van der Waals surface area contributed by atoms with Gasteiger partial charge in [-0.05, 0) is 82.7 Å². The van der Waals surface area contributed by atoms with Crippen molar-refractivity contribution in [3.63, 3.8) is 0 Å². The van der Waals surface area contributed by atoms with Crippen LogP contribution in [0.5, 0.6) is 0 Å². The molecule has 0 aromatic heterocycles. The van der Waals surface area contributed by atoms with E-state index in [1.165, 1.54) is 10.6 Å². The Morgan fingerprint density at radius 2 is 1.18 bits per heavy atom. The third-order valence-corrected chi connectivity index (χ3v) is 8.65. The van der Waals surface area contributed by atoms with Crippen molar-refractivity contribution < 1.29 is 26.6 Å². The fraction of sp³-hybridized carbons (Fsp3) is 0.206. The minimum atomic E-state index is -0.863. The van der Waals surface area contributed by atoms with Crippen molar-refractivity contribution in [3.8, 4) is 0 Å². The van der Waals surface area contributed by atoms with Gasteiger partial charge in [0.2, 0.25) is 0 Å². The maximum Gasteiger partial charge on any atom is 0.314 e. The number of rotatable bonds is 11. The zero-order chi connectivity index (χ0) is 26.5. The molecule has 2 saturated carbocycles. The first kappa shape index (κ1) is 32.6. The van der Waals surface area contributed by atoms with Crippen molar-refractivity contribution in [2.75, 3.05) is 0 Å². The van der Waals surface area contributed by atoms with Crippen LogP contribution in [0.4, 0.5) is 0 Å². The molecule has 0 spiro atoms. The van der Waals surface area contributed by atoms with Crippen LogP contribution in [0, 0.1) is 62.9 Å². The van der Waals surface area contributed by atoms with Gasteiger partial charge in [0.15, 0.2) is 0 Å². The fourth-order valence-electron chi connectivity index (χ4n) is 3.98. The summed E-state index contributed by atoms with van der Waals surface area (Å²) in [4.78, 5) is 13.4. The predicted molar refractivity (Wildman–Crippen MR) is 158 cm³/mol. The number of hydrogen-bond acceptors (Lipinski definition) is 2. The van der Waals surface area contributed by atoms with E-state index in [0.717, 1.165) is 29.6 Å². The molecule has 4 rings (SSSR count). The largest absolute Gasteiger partial charge is 0.461 e. The van der Waals surface area contributed by atoms with E-state index in [1.807, 2.05) is 57.1 Å². The van der Waals surface area contributed by atoms with Crippen molar-refractivity contribution in [1.29, 1.82) is 0 Å².